The molecular weight excluding hydrogens is 376 g/mol. The number of nitrogens with one attached hydrogen (secondary N) is 4. The van der Waals surface area contributed by atoms with Gasteiger partial charge in [0.05, 0.1) is 12.1 Å². The van der Waals surface area contributed by atoms with Crippen LogP contribution in [0, 0.1) is 0 Å². The van der Waals surface area contributed by atoms with E-state index in [1.807, 2.05) is 30.3 Å². The Morgan fingerprint density at radius 2 is 1.57 bits per heavy atom. The number of anilines is 1. The lowest BCUT2D eigenvalue weighted by Crippen LogP contribution is -2.55. The molecule has 1 saturated carbocycles. The van der Waals surface area contributed by atoms with Gasteiger partial charge in [-0.05, 0) is 36.6 Å². The van der Waals surface area contributed by atoms with Gasteiger partial charge >= 0.3 is 12.1 Å². The zero-order valence-electron chi connectivity index (χ0n) is 15.6. The van der Waals surface area contributed by atoms with Gasteiger partial charge in [-0.2, -0.15) is 0 Å². The number of hydrogen-bond acceptors (Lipinski definition) is 2. The molecule has 6 nitrogen and oxygen atoms in total. The fourth-order valence-electron chi connectivity index (χ4n) is 3.38. The van der Waals surface area contributed by atoms with Gasteiger partial charge in [0, 0.05) is 17.3 Å². The first kappa shape index (κ1) is 20.0. The Kier molecular flexibility index (Phi) is 7.14. The summed E-state index contributed by atoms with van der Waals surface area (Å²) in [6.45, 7) is 0.465. The van der Waals surface area contributed by atoms with Gasteiger partial charge in [0.2, 0.25) is 0 Å². The third-order valence-electron chi connectivity index (χ3n) is 4.78. The fourth-order valence-corrected chi connectivity index (χ4v) is 3.57. The third-order valence-corrected chi connectivity index (χ3v) is 5.01. The van der Waals surface area contributed by atoms with Crippen molar-refractivity contribution in [2.75, 3.05) is 5.32 Å². The molecule has 3 rings (SSSR count). The van der Waals surface area contributed by atoms with E-state index in [-0.39, 0.29) is 24.1 Å². The van der Waals surface area contributed by atoms with E-state index in [4.69, 9.17) is 11.6 Å². The zero-order chi connectivity index (χ0) is 19.8. The first-order chi connectivity index (χ1) is 13.6. The summed E-state index contributed by atoms with van der Waals surface area (Å²) in [6, 6.07) is 16.0. The Hall–Kier alpha value is -2.73. The van der Waals surface area contributed by atoms with E-state index in [9.17, 15) is 9.59 Å². The molecule has 0 saturated heterocycles. The highest BCUT2D eigenvalue weighted by molar-refractivity contribution is 6.30. The average molecular weight is 401 g/mol. The van der Waals surface area contributed by atoms with Crippen molar-refractivity contribution >= 4 is 29.4 Å². The van der Waals surface area contributed by atoms with Crippen molar-refractivity contribution in [1.29, 1.82) is 0 Å². The van der Waals surface area contributed by atoms with Crippen LogP contribution in [0.15, 0.2) is 54.6 Å². The molecule has 148 valence electrons. The van der Waals surface area contributed by atoms with Crippen molar-refractivity contribution in [3.8, 4) is 0 Å². The minimum atomic E-state index is -0.300. The van der Waals surface area contributed by atoms with Crippen molar-refractivity contribution in [3.05, 3.63) is 65.2 Å². The van der Waals surface area contributed by atoms with Gasteiger partial charge in [-0.25, -0.2) is 9.59 Å². The molecule has 1 aliphatic carbocycles. The number of carbonyl (C=O) groups is 2. The molecule has 0 spiro atoms. The second-order valence-electron chi connectivity index (χ2n) is 6.92. The maximum Gasteiger partial charge on any atom is 0.319 e. The molecular formula is C21H25ClN4O2. The molecule has 4 N–H and O–H groups in total. The molecule has 2 aromatic carbocycles. The van der Waals surface area contributed by atoms with Gasteiger partial charge in [-0.15, -0.1) is 0 Å². The van der Waals surface area contributed by atoms with Crippen molar-refractivity contribution in [1.82, 2.24) is 16.0 Å². The Morgan fingerprint density at radius 1 is 0.893 bits per heavy atom. The van der Waals surface area contributed by atoms with Crippen LogP contribution in [-0.4, -0.2) is 24.1 Å². The van der Waals surface area contributed by atoms with Crippen LogP contribution in [0.3, 0.4) is 0 Å². The molecule has 0 radical (unpaired) electrons. The summed E-state index contributed by atoms with van der Waals surface area (Å²) in [5.74, 6) is 0. The number of benzene rings is 2. The number of carbonyl (C=O) groups excluding carboxylic acids is 2. The van der Waals surface area contributed by atoms with Crippen LogP contribution < -0.4 is 21.3 Å². The van der Waals surface area contributed by atoms with Gasteiger partial charge in [0.15, 0.2) is 0 Å². The van der Waals surface area contributed by atoms with E-state index in [0.29, 0.717) is 17.3 Å². The molecule has 28 heavy (non-hydrogen) atoms. The van der Waals surface area contributed by atoms with Crippen LogP contribution in [0.1, 0.15) is 31.2 Å². The Labute approximate surface area is 170 Å². The highest BCUT2D eigenvalue weighted by atomic mass is 35.5. The quantitative estimate of drug-likeness (QED) is 0.604. The lowest BCUT2D eigenvalue weighted by molar-refractivity contribution is 0.218. The van der Waals surface area contributed by atoms with E-state index >= 15 is 0 Å². The van der Waals surface area contributed by atoms with E-state index in [1.54, 1.807) is 24.3 Å². The number of amides is 4. The molecule has 2 aromatic rings. The van der Waals surface area contributed by atoms with Gasteiger partial charge in [0.25, 0.3) is 0 Å². The van der Waals surface area contributed by atoms with E-state index in [1.165, 1.54) is 0 Å². The number of urea groups is 2. The predicted molar refractivity (Wildman–Crippen MR) is 111 cm³/mol. The molecule has 4 amide bonds. The van der Waals surface area contributed by atoms with Crippen molar-refractivity contribution in [2.24, 2.45) is 0 Å². The number of hydrogen-bond donors (Lipinski definition) is 4. The highest BCUT2D eigenvalue weighted by Crippen LogP contribution is 2.19. The number of halogens is 1. The summed E-state index contributed by atoms with van der Waals surface area (Å²) in [5, 5.41) is 12.2. The van der Waals surface area contributed by atoms with E-state index < -0.39 is 0 Å². The van der Waals surface area contributed by atoms with Crippen LogP contribution in [0.4, 0.5) is 15.3 Å². The highest BCUT2D eigenvalue weighted by Gasteiger charge is 2.27. The second-order valence-corrected chi connectivity index (χ2v) is 7.36. The monoisotopic (exact) mass is 400 g/mol. The van der Waals surface area contributed by atoms with Crippen LogP contribution >= 0.6 is 11.6 Å². The van der Waals surface area contributed by atoms with E-state index in [2.05, 4.69) is 21.3 Å². The van der Waals surface area contributed by atoms with E-state index in [0.717, 1.165) is 31.2 Å². The summed E-state index contributed by atoms with van der Waals surface area (Å²) in [7, 11) is 0. The molecule has 7 heteroatoms. The molecule has 2 unspecified atom stereocenters. The van der Waals surface area contributed by atoms with Crippen molar-refractivity contribution in [2.45, 2.75) is 44.3 Å². The topological polar surface area (TPSA) is 82.3 Å². The van der Waals surface area contributed by atoms with Crippen LogP contribution in [0.5, 0.6) is 0 Å². The third kappa shape index (κ3) is 6.16. The fraction of sp³-hybridized carbons (Fsp3) is 0.333. The maximum atomic E-state index is 12.3. The van der Waals surface area contributed by atoms with Crippen LogP contribution in [0.2, 0.25) is 5.02 Å². The SMILES string of the molecule is O=C(NCc1ccccc1)NC1CCCCC1NC(=O)Nc1cccc(Cl)c1. The Balaban J connectivity index is 1.50. The minimum Gasteiger partial charge on any atom is -0.334 e. The van der Waals surface area contributed by atoms with Crippen LogP contribution in [-0.2, 0) is 6.54 Å². The summed E-state index contributed by atoms with van der Waals surface area (Å²) < 4.78 is 0. The zero-order valence-corrected chi connectivity index (χ0v) is 16.3. The molecule has 0 aliphatic heterocycles. The van der Waals surface area contributed by atoms with Crippen molar-refractivity contribution in [3.63, 3.8) is 0 Å². The minimum absolute atomic E-state index is 0.102. The average Bonchev–Trinajstić information content (AvgIpc) is 2.69. The normalized spacial score (nSPS) is 18.8. The molecule has 1 aliphatic rings. The second kappa shape index (κ2) is 9.99. The summed E-state index contributed by atoms with van der Waals surface area (Å²) in [5.41, 5.74) is 1.67. The van der Waals surface area contributed by atoms with Crippen LogP contribution in [0.25, 0.3) is 0 Å². The maximum absolute atomic E-state index is 12.3. The lowest BCUT2D eigenvalue weighted by Gasteiger charge is -2.32. The van der Waals surface area contributed by atoms with Crippen molar-refractivity contribution < 1.29 is 9.59 Å². The molecule has 0 aromatic heterocycles. The summed E-state index contributed by atoms with van der Waals surface area (Å²) >= 11 is 5.95. The molecule has 0 heterocycles. The predicted octanol–water partition coefficient (Wildman–Crippen LogP) is 4.27. The summed E-state index contributed by atoms with van der Waals surface area (Å²) in [4.78, 5) is 24.6. The molecule has 0 bridgehead atoms. The molecule has 2 atom stereocenters. The lowest BCUT2D eigenvalue weighted by atomic mass is 9.90. The van der Waals surface area contributed by atoms with Gasteiger partial charge in [-0.1, -0.05) is 60.8 Å². The largest absolute Gasteiger partial charge is 0.334 e. The van der Waals surface area contributed by atoms with Gasteiger partial charge in [0.1, 0.15) is 0 Å². The first-order valence-electron chi connectivity index (χ1n) is 9.51. The van der Waals surface area contributed by atoms with Gasteiger partial charge in [-0.3, -0.25) is 0 Å². The van der Waals surface area contributed by atoms with Gasteiger partial charge < -0.3 is 21.3 Å². The summed E-state index contributed by atoms with van der Waals surface area (Å²) in [6.07, 6.45) is 3.71. The molecule has 1 fully saturated rings. The Bertz CT molecular complexity index is 800. The Morgan fingerprint density at radius 3 is 2.25 bits per heavy atom. The first-order valence-corrected chi connectivity index (χ1v) is 9.89. The smallest absolute Gasteiger partial charge is 0.319 e. The standard InChI is InChI=1S/C21H25ClN4O2/c22-16-9-6-10-17(13-16)24-21(28)26-19-12-5-4-11-18(19)25-20(27)23-14-15-7-2-1-3-8-15/h1-3,6-10,13,18-19H,4-5,11-12,14H2,(H2,23,25,27)(H2,24,26,28). The number of rotatable bonds is 5.